The zero-order valence-electron chi connectivity index (χ0n) is 7.41. The molecule has 0 saturated carbocycles. The van der Waals surface area contributed by atoms with E-state index >= 15 is 0 Å². The van der Waals surface area contributed by atoms with Gasteiger partial charge in [-0.3, -0.25) is 0 Å². The molecule has 1 aromatic heterocycles. The van der Waals surface area contributed by atoms with E-state index in [1.54, 1.807) is 19.2 Å². The third-order valence-electron chi connectivity index (χ3n) is 1.79. The van der Waals surface area contributed by atoms with E-state index in [2.05, 4.69) is 10.1 Å². The lowest BCUT2D eigenvalue weighted by atomic mass is 10.2. The van der Waals surface area contributed by atoms with Crippen molar-refractivity contribution < 1.29 is 0 Å². The monoisotopic (exact) mass is 227 g/mol. The molecule has 0 aliphatic carbocycles. The van der Waals surface area contributed by atoms with Crippen LogP contribution in [0.15, 0.2) is 24.3 Å². The number of nitrogens with zero attached hydrogens (tertiary/aromatic N) is 3. The molecule has 0 bridgehead atoms. The molecule has 0 amide bonds. The van der Waals surface area contributed by atoms with Crippen LogP contribution in [0.5, 0.6) is 0 Å². The number of rotatable bonds is 1. The van der Waals surface area contributed by atoms with Crippen LogP contribution in [0.25, 0.3) is 11.4 Å². The molecule has 0 aliphatic heterocycles. The fourth-order valence-electron chi connectivity index (χ4n) is 1.12. The summed E-state index contributed by atoms with van der Waals surface area (Å²) in [6, 6.07) is 7.34. The molecule has 0 radical (unpaired) electrons. The average molecular weight is 228 g/mol. The summed E-state index contributed by atoms with van der Waals surface area (Å²) in [5.41, 5.74) is 0.861. The molecular weight excluding hydrogens is 221 g/mol. The van der Waals surface area contributed by atoms with Crippen molar-refractivity contribution in [2.75, 3.05) is 0 Å². The van der Waals surface area contributed by atoms with E-state index in [4.69, 9.17) is 23.2 Å². The van der Waals surface area contributed by atoms with Crippen LogP contribution in [-0.2, 0) is 7.05 Å². The highest BCUT2D eigenvalue weighted by atomic mass is 35.5. The minimum Gasteiger partial charge on any atom is -0.239 e. The summed E-state index contributed by atoms with van der Waals surface area (Å²) < 4.78 is 1.51. The Balaban J connectivity index is 2.49. The highest BCUT2D eigenvalue weighted by Gasteiger charge is 2.06. The highest BCUT2D eigenvalue weighted by Crippen LogP contribution is 2.20. The van der Waals surface area contributed by atoms with Crippen LogP contribution in [0.4, 0.5) is 0 Å². The first-order valence-corrected chi connectivity index (χ1v) is 4.75. The maximum absolute atomic E-state index is 5.85. The van der Waals surface area contributed by atoms with Gasteiger partial charge in [-0.25, -0.2) is 4.68 Å². The summed E-state index contributed by atoms with van der Waals surface area (Å²) in [5, 5.41) is 5.16. The first-order chi connectivity index (χ1) is 6.66. The minimum absolute atomic E-state index is 0.361. The molecule has 2 rings (SSSR count). The largest absolute Gasteiger partial charge is 0.239 e. The summed E-state index contributed by atoms with van der Waals surface area (Å²) in [5.74, 6) is 0.583. The molecule has 0 saturated heterocycles. The van der Waals surface area contributed by atoms with Crippen LogP contribution >= 0.6 is 23.2 Å². The zero-order valence-corrected chi connectivity index (χ0v) is 8.92. The Kier molecular flexibility index (Phi) is 2.44. The molecule has 2 aromatic rings. The predicted molar refractivity (Wildman–Crippen MR) is 56.5 cm³/mol. The molecule has 0 fully saturated rings. The predicted octanol–water partition coefficient (Wildman–Crippen LogP) is 2.79. The Bertz CT molecular complexity index is 445. The maximum atomic E-state index is 5.85. The number of aromatic nitrogens is 3. The quantitative estimate of drug-likeness (QED) is 0.751. The standard InChI is InChI=1S/C9H7Cl2N3/c1-14-9(11)12-8(13-14)6-3-2-4-7(10)5-6/h2-5H,1H3. The number of halogens is 2. The van der Waals surface area contributed by atoms with Crippen molar-refractivity contribution in [2.45, 2.75) is 0 Å². The third-order valence-corrected chi connectivity index (χ3v) is 2.36. The van der Waals surface area contributed by atoms with Crippen LogP contribution < -0.4 is 0 Å². The number of hydrogen-bond acceptors (Lipinski definition) is 2. The van der Waals surface area contributed by atoms with Crippen molar-refractivity contribution in [2.24, 2.45) is 7.05 Å². The van der Waals surface area contributed by atoms with Gasteiger partial charge in [0, 0.05) is 17.6 Å². The second-order valence-corrected chi connectivity index (χ2v) is 3.61. The normalized spacial score (nSPS) is 10.5. The van der Waals surface area contributed by atoms with Gasteiger partial charge in [-0.05, 0) is 23.7 Å². The van der Waals surface area contributed by atoms with Gasteiger partial charge in [0.25, 0.3) is 0 Å². The van der Waals surface area contributed by atoms with Gasteiger partial charge in [-0.15, -0.1) is 5.10 Å². The van der Waals surface area contributed by atoms with Crippen LogP contribution in [-0.4, -0.2) is 14.8 Å². The summed E-state index contributed by atoms with van der Waals surface area (Å²) >= 11 is 11.6. The molecule has 0 spiro atoms. The van der Waals surface area contributed by atoms with E-state index in [1.807, 2.05) is 12.1 Å². The van der Waals surface area contributed by atoms with Crippen molar-refractivity contribution in [3.05, 3.63) is 34.6 Å². The van der Waals surface area contributed by atoms with Gasteiger partial charge in [0.2, 0.25) is 5.28 Å². The van der Waals surface area contributed by atoms with Gasteiger partial charge in [0.05, 0.1) is 0 Å². The van der Waals surface area contributed by atoms with Crippen LogP contribution in [0, 0.1) is 0 Å². The number of hydrogen-bond donors (Lipinski definition) is 0. The smallest absolute Gasteiger partial charge is 0.221 e. The first-order valence-electron chi connectivity index (χ1n) is 3.99. The Morgan fingerprint density at radius 2 is 2.07 bits per heavy atom. The molecule has 0 atom stereocenters. The average Bonchev–Trinajstić information content (AvgIpc) is 2.47. The molecule has 0 unspecified atom stereocenters. The SMILES string of the molecule is Cn1nc(-c2cccc(Cl)c2)nc1Cl. The van der Waals surface area contributed by atoms with Gasteiger partial charge < -0.3 is 0 Å². The zero-order chi connectivity index (χ0) is 10.1. The van der Waals surface area contributed by atoms with Crippen molar-refractivity contribution >= 4 is 23.2 Å². The fourth-order valence-corrected chi connectivity index (χ4v) is 1.42. The van der Waals surface area contributed by atoms with Crippen LogP contribution in [0.3, 0.4) is 0 Å². The molecule has 72 valence electrons. The van der Waals surface area contributed by atoms with Crippen molar-refractivity contribution in [1.82, 2.24) is 14.8 Å². The van der Waals surface area contributed by atoms with Gasteiger partial charge in [0.15, 0.2) is 5.82 Å². The molecule has 14 heavy (non-hydrogen) atoms. The second-order valence-electron chi connectivity index (χ2n) is 2.84. The highest BCUT2D eigenvalue weighted by molar-refractivity contribution is 6.30. The lowest BCUT2D eigenvalue weighted by Crippen LogP contribution is -1.89. The molecule has 3 nitrogen and oxygen atoms in total. The molecule has 0 aliphatic rings. The minimum atomic E-state index is 0.361. The molecule has 1 aromatic carbocycles. The third kappa shape index (κ3) is 1.74. The molecule has 0 N–H and O–H groups in total. The van der Waals surface area contributed by atoms with Gasteiger partial charge in [-0.2, -0.15) is 4.98 Å². The summed E-state index contributed by atoms with van der Waals surface area (Å²) in [7, 11) is 1.74. The van der Waals surface area contributed by atoms with Crippen molar-refractivity contribution in [3.8, 4) is 11.4 Å². The number of aryl methyl sites for hydroxylation is 1. The summed E-state index contributed by atoms with van der Waals surface area (Å²) in [4.78, 5) is 4.08. The van der Waals surface area contributed by atoms with Crippen LogP contribution in [0.1, 0.15) is 0 Å². The fraction of sp³-hybridized carbons (Fsp3) is 0.111. The van der Waals surface area contributed by atoms with E-state index in [9.17, 15) is 0 Å². The Hall–Kier alpha value is -1.06. The van der Waals surface area contributed by atoms with E-state index in [-0.39, 0.29) is 0 Å². The van der Waals surface area contributed by atoms with E-state index < -0.39 is 0 Å². The van der Waals surface area contributed by atoms with Gasteiger partial charge in [-0.1, -0.05) is 23.7 Å². The van der Waals surface area contributed by atoms with Crippen molar-refractivity contribution in [1.29, 1.82) is 0 Å². The first kappa shape index (κ1) is 9.49. The van der Waals surface area contributed by atoms with Gasteiger partial charge >= 0.3 is 0 Å². The second kappa shape index (κ2) is 3.59. The maximum Gasteiger partial charge on any atom is 0.221 e. The van der Waals surface area contributed by atoms with Crippen molar-refractivity contribution in [3.63, 3.8) is 0 Å². The van der Waals surface area contributed by atoms with E-state index in [0.29, 0.717) is 16.1 Å². The van der Waals surface area contributed by atoms with E-state index in [0.717, 1.165) is 5.56 Å². The lowest BCUT2D eigenvalue weighted by molar-refractivity contribution is 0.769. The van der Waals surface area contributed by atoms with Gasteiger partial charge in [0.1, 0.15) is 0 Å². The number of benzene rings is 1. The van der Waals surface area contributed by atoms with Crippen LogP contribution in [0.2, 0.25) is 10.3 Å². The summed E-state index contributed by atoms with van der Waals surface area (Å²) in [6.45, 7) is 0. The summed E-state index contributed by atoms with van der Waals surface area (Å²) in [6.07, 6.45) is 0. The lowest BCUT2D eigenvalue weighted by Gasteiger charge is -1.94. The Morgan fingerprint density at radius 3 is 2.64 bits per heavy atom. The molecule has 5 heteroatoms. The van der Waals surface area contributed by atoms with E-state index in [1.165, 1.54) is 4.68 Å². The Morgan fingerprint density at radius 1 is 1.29 bits per heavy atom. The topological polar surface area (TPSA) is 30.7 Å². The molecular formula is C9H7Cl2N3. The Labute approximate surface area is 91.3 Å². The molecule has 1 heterocycles.